The maximum absolute atomic E-state index is 14.5. The van der Waals surface area contributed by atoms with Crippen LogP contribution in [0.15, 0.2) is 48.7 Å². The van der Waals surface area contributed by atoms with E-state index in [1.165, 1.54) is 12.1 Å². The summed E-state index contributed by atoms with van der Waals surface area (Å²) in [4.78, 5) is 9.44. The molecule has 0 spiro atoms. The van der Waals surface area contributed by atoms with E-state index in [-0.39, 0.29) is 24.3 Å². The van der Waals surface area contributed by atoms with E-state index < -0.39 is 5.82 Å². The Morgan fingerprint density at radius 2 is 1.79 bits per heavy atom. The fourth-order valence-corrected chi connectivity index (χ4v) is 3.07. The highest BCUT2D eigenvalue weighted by molar-refractivity contribution is 5.47. The van der Waals surface area contributed by atoms with Gasteiger partial charge in [-0.05, 0) is 41.8 Å². The van der Waals surface area contributed by atoms with Crippen LogP contribution in [0, 0.1) is 23.0 Å². The summed E-state index contributed by atoms with van der Waals surface area (Å²) in [5.41, 5.74) is 1.77. The normalized spacial score (nSPS) is 11.9. The molecule has 1 aliphatic rings. The molecule has 3 aromatic rings. The molecule has 0 saturated carbocycles. The fraction of sp³-hybridized carbons (Fsp3) is 0.190. The summed E-state index contributed by atoms with van der Waals surface area (Å²) in [6, 6.07) is 13.5. The van der Waals surface area contributed by atoms with Crippen molar-refractivity contribution in [3.63, 3.8) is 0 Å². The lowest BCUT2D eigenvalue weighted by molar-refractivity contribution is 0.174. The Kier molecular flexibility index (Phi) is 5.20. The molecule has 1 aliphatic heterocycles. The van der Waals surface area contributed by atoms with E-state index >= 15 is 0 Å². The highest BCUT2D eigenvalue weighted by Gasteiger charge is 2.18. The van der Waals surface area contributed by atoms with Crippen LogP contribution < -0.4 is 14.4 Å². The number of anilines is 1. The first kappa shape index (κ1) is 18.6. The summed E-state index contributed by atoms with van der Waals surface area (Å²) < 4.78 is 38.4. The zero-order valence-electron chi connectivity index (χ0n) is 15.3. The van der Waals surface area contributed by atoms with Gasteiger partial charge in [0, 0.05) is 13.1 Å². The SMILES string of the molecule is N#Cc1ncc(F)c(N(CCc2ccc(F)cc2)Cc2ccc3c(c2)OCO3)n1. The zero-order valence-corrected chi connectivity index (χ0v) is 15.3. The molecule has 1 aromatic heterocycles. The van der Waals surface area contributed by atoms with Crippen LogP contribution in [0.25, 0.3) is 0 Å². The predicted octanol–water partition coefficient (Wildman–Crippen LogP) is 3.60. The van der Waals surface area contributed by atoms with Gasteiger partial charge >= 0.3 is 0 Å². The molecule has 0 amide bonds. The molecule has 6 nitrogen and oxygen atoms in total. The van der Waals surface area contributed by atoms with Gasteiger partial charge in [-0.3, -0.25) is 0 Å². The van der Waals surface area contributed by atoms with E-state index in [1.807, 2.05) is 18.2 Å². The third kappa shape index (κ3) is 4.24. The van der Waals surface area contributed by atoms with Crippen molar-refractivity contribution in [2.45, 2.75) is 13.0 Å². The molecule has 2 aromatic carbocycles. The summed E-state index contributed by atoms with van der Waals surface area (Å²) in [6.45, 7) is 0.897. The van der Waals surface area contributed by atoms with Crippen molar-refractivity contribution in [3.05, 3.63) is 77.2 Å². The van der Waals surface area contributed by atoms with Gasteiger partial charge in [-0.1, -0.05) is 18.2 Å². The summed E-state index contributed by atoms with van der Waals surface area (Å²) in [5, 5.41) is 9.08. The van der Waals surface area contributed by atoms with Crippen LogP contribution in [0.4, 0.5) is 14.6 Å². The Bertz CT molecular complexity index is 1070. The van der Waals surface area contributed by atoms with Crippen LogP contribution in [0.1, 0.15) is 17.0 Å². The Balaban J connectivity index is 1.61. The first-order chi connectivity index (χ1) is 14.1. The number of nitrogens with zero attached hydrogens (tertiary/aromatic N) is 4. The van der Waals surface area contributed by atoms with Gasteiger partial charge in [0.2, 0.25) is 12.6 Å². The van der Waals surface area contributed by atoms with Gasteiger partial charge < -0.3 is 14.4 Å². The van der Waals surface area contributed by atoms with Crippen LogP contribution in [0.5, 0.6) is 11.5 Å². The van der Waals surface area contributed by atoms with Crippen LogP contribution in [-0.2, 0) is 13.0 Å². The third-order valence-electron chi connectivity index (χ3n) is 4.52. The fourth-order valence-electron chi connectivity index (χ4n) is 3.07. The number of aromatic nitrogens is 2. The third-order valence-corrected chi connectivity index (χ3v) is 4.52. The van der Waals surface area contributed by atoms with Crippen molar-refractivity contribution in [2.75, 3.05) is 18.2 Å². The average Bonchev–Trinajstić information content (AvgIpc) is 3.21. The molecule has 146 valence electrons. The van der Waals surface area contributed by atoms with Crippen molar-refractivity contribution >= 4 is 5.82 Å². The van der Waals surface area contributed by atoms with Gasteiger partial charge in [0.05, 0.1) is 6.20 Å². The van der Waals surface area contributed by atoms with Crippen molar-refractivity contribution in [1.29, 1.82) is 5.26 Å². The van der Waals surface area contributed by atoms with Crippen LogP contribution in [0.2, 0.25) is 0 Å². The largest absolute Gasteiger partial charge is 0.454 e. The van der Waals surface area contributed by atoms with Crippen molar-refractivity contribution in [2.24, 2.45) is 0 Å². The molecule has 4 rings (SSSR count). The maximum Gasteiger partial charge on any atom is 0.234 e. The molecule has 0 N–H and O–H groups in total. The zero-order chi connectivity index (χ0) is 20.2. The number of ether oxygens (including phenoxy) is 2. The lowest BCUT2D eigenvalue weighted by atomic mass is 10.1. The van der Waals surface area contributed by atoms with Gasteiger partial charge in [0.25, 0.3) is 0 Å². The Labute approximate surface area is 166 Å². The van der Waals surface area contributed by atoms with Crippen molar-refractivity contribution < 1.29 is 18.3 Å². The van der Waals surface area contributed by atoms with Gasteiger partial charge in [-0.2, -0.15) is 10.2 Å². The molecule has 8 heteroatoms. The molecule has 29 heavy (non-hydrogen) atoms. The Hall–Kier alpha value is -3.73. The van der Waals surface area contributed by atoms with E-state index in [1.54, 1.807) is 23.1 Å². The van der Waals surface area contributed by atoms with E-state index in [0.717, 1.165) is 17.3 Å². The quantitative estimate of drug-likeness (QED) is 0.636. The number of halogens is 2. The topological polar surface area (TPSA) is 71.3 Å². The predicted molar refractivity (Wildman–Crippen MR) is 100 cm³/mol. The second-order valence-corrected chi connectivity index (χ2v) is 6.46. The highest BCUT2D eigenvalue weighted by Crippen LogP contribution is 2.33. The maximum atomic E-state index is 14.5. The lowest BCUT2D eigenvalue weighted by Gasteiger charge is -2.24. The van der Waals surface area contributed by atoms with Gasteiger partial charge in [-0.25, -0.2) is 13.8 Å². The number of hydrogen-bond donors (Lipinski definition) is 0. The minimum Gasteiger partial charge on any atom is -0.454 e. The number of hydrogen-bond acceptors (Lipinski definition) is 6. The van der Waals surface area contributed by atoms with Gasteiger partial charge in [0.1, 0.15) is 11.9 Å². The molecule has 0 saturated heterocycles. The lowest BCUT2D eigenvalue weighted by Crippen LogP contribution is -2.27. The van der Waals surface area contributed by atoms with Crippen LogP contribution >= 0.6 is 0 Å². The summed E-state index contributed by atoms with van der Waals surface area (Å²) in [7, 11) is 0. The standard InChI is InChI=1S/C21H16F2N4O2/c22-16-4-1-14(2-5-16)7-8-27(21-17(23)11-25-20(10-24)26-21)12-15-3-6-18-19(9-15)29-13-28-18/h1-6,9,11H,7-8,12-13H2. The Morgan fingerprint density at radius 1 is 1.03 bits per heavy atom. The first-order valence-electron chi connectivity index (χ1n) is 8.93. The van der Waals surface area contributed by atoms with Gasteiger partial charge in [0.15, 0.2) is 23.1 Å². The second-order valence-electron chi connectivity index (χ2n) is 6.46. The molecule has 2 heterocycles. The van der Waals surface area contributed by atoms with Crippen molar-refractivity contribution in [1.82, 2.24) is 9.97 Å². The molecule has 0 radical (unpaired) electrons. The molecular weight excluding hydrogens is 378 g/mol. The first-order valence-corrected chi connectivity index (χ1v) is 8.93. The van der Waals surface area contributed by atoms with Crippen molar-refractivity contribution in [3.8, 4) is 17.6 Å². The molecular formula is C21H16F2N4O2. The molecule has 0 bridgehead atoms. The number of fused-ring (bicyclic) bond motifs is 1. The van der Waals surface area contributed by atoms with E-state index in [2.05, 4.69) is 9.97 Å². The molecule has 0 unspecified atom stereocenters. The second kappa shape index (κ2) is 8.10. The molecule has 0 fully saturated rings. The number of benzene rings is 2. The van der Waals surface area contributed by atoms with Crippen LogP contribution in [-0.4, -0.2) is 23.3 Å². The van der Waals surface area contributed by atoms with Crippen LogP contribution in [0.3, 0.4) is 0 Å². The number of nitriles is 1. The average molecular weight is 394 g/mol. The van der Waals surface area contributed by atoms with E-state index in [4.69, 9.17) is 14.7 Å². The highest BCUT2D eigenvalue weighted by atomic mass is 19.1. The monoisotopic (exact) mass is 394 g/mol. The van der Waals surface area contributed by atoms with Gasteiger partial charge in [-0.15, -0.1) is 0 Å². The summed E-state index contributed by atoms with van der Waals surface area (Å²) >= 11 is 0. The minimum atomic E-state index is -0.621. The summed E-state index contributed by atoms with van der Waals surface area (Å²) in [5.74, 6) is 0.277. The summed E-state index contributed by atoms with van der Waals surface area (Å²) in [6.07, 6.45) is 1.53. The smallest absolute Gasteiger partial charge is 0.234 e. The molecule has 0 aliphatic carbocycles. The van der Waals surface area contributed by atoms with E-state index in [9.17, 15) is 8.78 Å². The molecule has 0 atom stereocenters. The Morgan fingerprint density at radius 3 is 2.59 bits per heavy atom. The minimum absolute atomic E-state index is 0.0383. The number of rotatable bonds is 6. The van der Waals surface area contributed by atoms with E-state index in [0.29, 0.717) is 31.0 Å².